The molecule has 0 saturated heterocycles. The van der Waals surface area contributed by atoms with Gasteiger partial charge in [0.05, 0.1) is 6.04 Å². The minimum Gasteiger partial charge on any atom is -0.618 e. The lowest BCUT2D eigenvalue weighted by Crippen LogP contribution is -2.36. The second-order valence-corrected chi connectivity index (χ2v) is 5.27. The SMILES string of the molecule is C[C@@H](NC(=O)COC(=O)c1cccc[n+]1[O-])c1cccs1. The van der Waals surface area contributed by atoms with Crippen LogP contribution in [0.15, 0.2) is 41.9 Å². The molecule has 0 aliphatic rings. The zero-order valence-corrected chi connectivity index (χ0v) is 12.1. The second-order valence-electron chi connectivity index (χ2n) is 4.29. The average molecular weight is 306 g/mol. The van der Waals surface area contributed by atoms with E-state index < -0.39 is 18.5 Å². The summed E-state index contributed by atoms with van der Waals surface area (Å²) in [6, 6.07) is 8.03. The standard InChI is InChI=1S/C14H14N2O4S/c1-10(12-6-4-8-21-12)15-13(17)9-20-14(18)11-5-2-3-7-16(11)19/h2-8,10H,9H2,1H3,(H,15,17)/t10-/m1/s1. The molecule has 0 unspecified atom stereocenters. The molecule has 2 heterocycles. The largest absolute Gasteiger partial charge is 0.618 e. The van der Waals surface area contributed by atoms with Crippen molar-refractivity contribution in [2.24, 2.45) is 0 Å². The van der Waals surface area contributed by atoms with E-state index in [1.807, 2.05) is 24.4 Å². The molecular weight excluding hydrogens is 292 g/mol. The summed E-state index contributed by atoms with van der Waals surface area (Å²) in [5.74, 6) is -1.25. The molecule has 21 heavy (non-hydrogen) atoms. The van der Waals surface area contributed by atoms with Gasteiger partial charge in [0.15, 0.2) is 12.8 Å². The monoisotopic (exact) mass is 306 g/mol. The van der Waals surface area contributed by atoms with Crippen molar-refractivity contribution < 1.29 is 19.1 Å². The number of nitrogens with zero attached hydrogens (tertiary/aromatic N) is 1. The van der Waals surface area contributed by atoms with E-state index in [0.29, 0.717) is 4.73 Å². The summed E-state index contributed by atoms with van der Waals surface area (Å²) in [6.45, 7) is 1.41. The number of aromatic nitrogens is 1. The first-order valence-corrected chi connectivity index (χ1v) is 7.14. The van der Waals surface area contributed by atoms with E-state index in [1.54, 1.807) is 6.07 Å². The van der Waals surface area contributed by atoms with Crippen LogP contribution in [-0.2, 0) is 9.53 Å². The highest BCUT2D eigenvalue weighted by Gasteiger charge is 2.19. The molecule has 1 atom stereocenters. The van der Waals surface area contributed by atoms with Gasteiger partial charge in [-0.2, -0.15) is 4.73 Å². The Morgan fingerprint density at radius 2 is 2.19 bits per heavy atom. The molecule has 7 heteroatoms. The Morgan fingerprint density at radius 1 is 1.38 bits per heavy atom. The van der Waals surface area contributed by atoms with Gasteiger partial charge in [0.25, 0.3) is 5.91 Å². The van der Waals surface area contributed by atoms with Gasteiger partial charge in [0.2, 0.25) is 0 Å². The van der Waals surface area contributed by atoms with Crippen LogP contribution in [0.1, 0.15) is 28.3 Å². The third kappa shape index (κ3) is 4.03. The van der Waals surface area contributed by atoms with Crippen LogP contribution in [0.2, 0.25) is 0 Å². The average Bonchev–Trinajstić information content (AvgIpc) is 2.99. The lowest BCUT2D eigenvalue weighted by atomic mass is 10.3. The fraction of sp³-hybridized carbons (Fsp3) is 0.214. The number of amides is 1. The van der Waals surface area contributed by atoms with Crippen LogP contribution in [0, 0.1) is 5.21 Å². The Morgan fingerprint density at radius 3 is 2.86 bits per heavy atom. The van der Waals surface area contributed by atoms with Crippen molar-refractivity contribution in [3.05, 3.63) is 57.7 Å². The molecule has 0 radical (unpaired) electrons. The fourth-order valence-corrected chi connectivity index (χ4v) is 2.42. The maximum atomic E-state index is 11.7. The summed E-state index contributed by atoms with van der Waals surface area (Å²) in [4.78, 5) is 24.4. The fourth-order valence-electron chi connectivity index (χ4n) is 1.68. The van der Waals surface area contributed by atoms with Crippen LogP contribution in [0.4, 0.5) is 0 Å². The van der Waals surface area contributed by atoms with Crippen LogP contribution in [0.3, 0.4) is 0 Å². The van der Waals surface area contributed by atoms with E-state index in [9.17, 15) is 14.8 Å². The first-order valence-electron chi connectivity index (χ1n) is 6.26. The van der Waals surface area contributed by atoms with Gasteiger partial charge in [0, 0.05) is 17.0 Å². The number of esters is 1. The van der Waals surface area contributed by atoms with Crippen molar-refractivity contribution in [1.82, 2.24) is 5.32 Å². The van der Waals surface area contributed by atoms with Gasteiger partial charge < -0.3 is 15.3 Å². The van der Waals surface area contributed by atoms with Gasteiger partial charge in [0.1, 0.15) is 0 Å². The predicted octanol–water partition coefficient (Wildman–Crippen LogP) is 1.42. The number of rotatable bonds is 5. The minimum absolute atomic E-state index is 0.155. The van der Waals surface area contributed by atoms with Crippen molar-refractivity contribution >= 4 is 23.2 Å². The summed E-state index contributed by atoms with van der Waals surface area (Å²) in [5, 5.41) is 16.0. The first-order chi connectivity index (χ1) is 10.1. The number of thiophene rings is 1. The van der Waals surface area contributed by atoms with Gasteiger partial charge in [-0.1, -0.05) is 6.07 Å². The number of hydrogen-bond donors (Lipinski definition) is 1. The smallest absolute Gasteiger partial charge is 0.405 e. The molecule has 1 amide bonds. The number of nitrogens with one attached hydrogen (secondary N) is 1. The predicted molar refractivity (Wildman–Crippen MR) is 76.6 cm³/mol. The number of carbonyl (C=O) groups is 2. The summed E-state index contributed by atoms with van der Waals surface area (Å²) >= 11 is 1.53. The molecule has 0 fully saturated rings. The van der Waals surface area contributed by atoms with Crippen LogP contribution in [0.5, 0.6) is 0 Å². The zero-order chi connectivity index (χ0) is 15.2. The Bertz CT molecular complexity index is 628. The van der Waals surface area contributed by atoms with Gasteiger partial charge in [-0.3, -0.25) is 4.79 Å². The van der Waals surface area contributed by atoms with E-state index >= 15 is 0 Å². The van der Waals surface area contributed by atoms with Crippen LogP contribution in [-0.4, -0.2) is 18.5 Å². The number of carbonyl (C=O) groups excluding carboxylic acids is 2. The van der Waals surface area contributed by atoms with Gasteiger partial charge >= 0.3 is 11.7 Å². The molecule has 0 spiro atoms. The molecule has 110 valence electrons. The number of hydrogen-bond acceptors (Lipinski definition) is 5. The van der Waals surface area contributed by atoms with Crippen molar-refractivity contribution in [3.63, 3.8) is 0 Å². The second kappa shape index (κ2) is 6.85. The number of pyridine rings is 1. The van der Waals surface area contributed by atoms with Crippen LogP contribution < -0.4 is 10.0 Å². The molecule has 1 N–H and O–H groups in total. The van der Waals surface area contributed by atoms with Crippen molar-refractivity contribution in [2.45, 2.75) is 13.0 Å². The Balaban J connectivity index is 1.84. The van der Waals surface area contributed by atoms with Crippen molar-refractivity contribution in [1.29, 1.82) is 0 Å². The summed E-state index contributed by atoms with van der Waals surface area (Å²) in [5.41, 5.74) is -0.156. The molecule has 0 saturated carbocycles. The highest BCUT2D eigenvalue weighted by atomic mass is 32.1. The summed E-state index contributed by atoms with van der Waals surface area (Å²) in [7, 11) is 0. The summed E-state index contributed by atoms with van der Waals surface area (Å²) < 4.78 is 5.22. The van der Waals surface area contributed by atoms with E-state index in [-0.39, 0.29) is 11.7 Å². The van der Waals surface area contributed by atoms with E-state index in [1.165, 1.54) is 29.7 Å². The Kier molecular flexibility index (Phi) is 4.89. The molecule has 2 aromatic rings. The normalized spacial score (nSPS) is 11.7. The maximum Gasteiger partial charge on any atom is 0.405 e. The first kappa shape index (κ1) is 15.0. The third-order valence-electron chi connectivity index (χ3n) is 2.72. The zero-order valence-electron chi connectivity index (χ0n) is 11.3. The van der Waals surface area contributed by atoms with Gasteiger partial charge in [-0.15, -0.1) is 11.3 Å². The molecule has 2 aromatic heterocycles. The highest BCUT2D eigenvalue weighted by Crippen LogP contribution is 2.17. The molecule has 0 aromatic carbocycles. The molecule has 0 aliphatic carbocycles. The molecule has 6 nitrogen and oxygen atoms in total. The Hall–Kier alpha value is -2.41. The lowest BCUT2D eigenvalue weighted by molar-refractivity contribution is -0.608. The van der Waals surface area contributed by atoms with E-state index in [0.717, 1.165) is 4.88 Å². The number of ether oxygens (including phenoxy) is 1. The minimum atomic E-state index is -0.829. The highest BCUT2D eigenvalue weighted by molar-refractivity contribution is 7.10. The topological polar surface area (TPSA) is 82.3 Å². The Labute approximate surface area is 125 Å². The van der Waals surface area contributed by atoms with Crippen molar-refractivity contribution in [3.8, 4) is 0 Å². The molecule has 0 bridgehead atoms. The van der Waals surface area contributed by atoms with E-state index in [2.05, 4.69) is 5.32 Å². The quantitative estimate of drug-likeness (QED) is 0.514. The summed E-state index contributed by atoms with van der Waals surface area (Å²) in [6.07, 6.45) is 1.19. The maximum absolute atomic E-state index is 11.7. The lowest BCUT2D eigenvalue weighted by Gasteiger charge is -2.12. The van der Waals surface area contributed by atoms with Gasteiger partial charge in [-0.25, -0.2) is 4.79 Å². The van der Waals surface area contributed by atoms with E-state index in [4.69, 9.17) is 4.74 Å². The molecule has 0 aliphatic heterocycles. The third-order valence-corrected chi connectivity index (χ3v) is 3.77. The molecular formula is C14H14N2O4S. The van der Waals surface area contributed by atoms with Crippen molar-refractivity contribution in [2.75, 3.05) is 6.61 Å². The van der Waals surface area contributed by atoms with Crippen LogP contribution >= 0.6 is 11.3 Å². The van der Waals surface area contributed by atoms with Crippen LogP contribution in [0.25, 0.3) is 0 Å². The molecule has 2 rings (SSSR count). The van der Waals surface area contributed by atoms with Gasteiger partial charge in [-0.05, 0) is 24.4 Å².